The van der Waals surface area contributed by atoms with E-state index in [4.69, 9.17) is 0 Å². The number of nitrogens with one attached hydrogen (secondary N) is 1. The zero-order chi connectivity index (χ0) is 13.8. The van der Waals surface area contributed by atoms with Crippen molar-refractivity contribution in [3.63, 3.8) is 0 Å². The quantitative estimate of drug-likeness (QED) is 0.664. The number of rotatable bonds is 5. The van der Waals surface area contributed by atoms with Crippen LogP contribution >= 0.6 is 15.9 Å². The molecule has 9 heteroatoms. The molecule has 19 heavy (non-hydrogen) atoms. The van der Waals surface area contributed by atoms with Crippen LogP contribution in [0.25, 0.3) is 0 Å². The minimum atomic E-state index is -0.631. The highest BCUT2D eigenvalue weighted by Crippen LogP contribution is 2.14. The third-order valence-electron chi connectivity index (χ3n) is 2.29. The number of nitrogens with zero attached hydrogens (tertiary/aromatic N) is 5. The first-order chi connectivity index (χ1) is 9.10. The molecule has 0 bridgehead atoms. The lowest BCUT2D eigenvalue weighted by Gasteiger charge is -2.03. The van der Waals surface area contributed by atoms with Crippen molar-refractivity contribution in [1.82, 2.24) is 19.7 Å². The van der Waals surface area contributed by atoms with Crippen LogP contribution in [0, 0.1) is 10.1 Å². The van der Waals surface area contributed by atoms with E-state index in [0.29, 0.717) is 11.3 Å². The van der Waals surface area contributed by atoms with E-state index in [-0.39, 0.29) is 0 Å². The van der Waals surface area contributed by atoms with Gasteiger partial charge in [0.15, 0.2) is 0 Å². The predicted molar refractivity (Wildman–Crippen MR) is 71.9 cm³/mol. The fourth-order valence-electron chi connectivity index (χ4n) is 1.47. The lowest BCUT2D eigenvalue weighted by Crippen LogP contribution is -2.04. The first-order valence-electron chi connectivity index (χ1n) is 5.53. The molecule has 0 aliphatic rings. The number of pyridine rings is 1. The number of nitro groups is 1. The first kappa shape index (κ1) is 13.4. The minimum Gasteiger partial charge on any atom is -0.390 e. The van der Waals surface area contributed by atoms with Crippen LogP contribution in [0.3, 0.4) is 0 Å². The molecule has 0 saturated carbocycles. The monoisotopic (exact) mass is 326 g/mol. The van der Waals surface area contributed by atoms with Gasteiger partial charge in [0.25, 0.3) is 4.73 Å². The van der Waals surface area contributed by atoms with Crippen LogP contribution in [0.4, 0.5) is 11.8 Å². The molecule has 100 valence electrons. The zero-order valence-corrected chi connectivity index (χ0v) is 11.7. The molecule has 0 aliphatic heterocycles. The molecule has 0 saturated heterocycles. The van der Waals surface area contributed by atoms with E-state index in [1.54, 1.807) is 6.20 Å². The molecule has 0 amide bonds. The smallest absolute Gasteiger partial charge is 0.390 e. The van der Waals surface area contributed by atoms with E-state index in [1.807, 2.05) is 19.1 Å². The van der Waals surface area contributed by atoms with E-state index >= 15 is 0 Å². The molecule has 2 heterocycles. The standard InChI is InChI=1S/C10H11BrN6O2/c1-2-12-8-4-3-7(5-13-8)6-16-9(11)14-10(15-16)17(18)19/h3-5H,2,6H2,1H3,(H,12,13). The van der Waals surface area contributed by atoms with Gasteiger partial charge in [0.05, 0.1) is 6.54 Å². The second-order valence-electron chi connectivity index (χ2n) is 3.68. The highest BCUT2D eigenvalue weighted by atomic mass is 79.9. The van der Waals surface area contributed by atoms with Crippen LogP contribution in [0.2, 0.25) is 0 Å². The molecule has 0 spiro atoms. The summed E-state index contributed by atoms with van der Waals surface area (Å²) in [4.78, 5) is 17.8. The maximum atomic E-state index is 10.6. The van der Waals surface area contributed by atoms with Crippen molar-refractivity contribution >= 4 is 27.7 Å². The van der Waals surface area contributed by atoms with Crippen LogP contribution in [-0.4, -0.2) is 31.2 Å². The topological polar surface area (TPSA) is 98.8 Å². The number of halogens is 1. The van der Waals surface area contributed by atoms with Crippen molar-refractivity contribution < 1.29 is 4.92 Å². The molecule has 0 atom stereocenters. The molecular formula is C10H11BrN6O2. The predicted octanol–water partition coefficient (Wildman–Crippen LogP) is 1.82. The van der Waals surface area contributed by atoms with Gasteiger partial charge in [-0.25, -0.2) is 4.98 Å². The van der Waals surface area contributed by atoms with E-state index in [0.717, 1.165) is 17.9 Å². The average molecular weight is 327 g/mol. The van der Waals surface area contributed by atoms with Gasteiger partial charge in [-0.1, -0.05) is 6.07 Å². The molecule has 2 rings (SSSR count). The summed E-state index contributed by atoms with van der Waals surface area (Å²) >= 11 is 3.13. The van der Waals surface area contributed by atoms with Crippen LogP contribution in [0.15, 0.2) is 23.1 Å². The zero-order valence-electron chi connectivity index (χ0n) is 10.1. The van der Waals surface area contributed by atoms with Crippen molar-refractivity contribution in [2.24, 2.45) is 0 Å². The largest absolute Gasteiger partial charge is 0.492 e. The van der Waals surface area contributed by atoms with Crippen LogP contribution in [0.1, 0.15) is 12.5 Å². The Balaban J connectivity index is 2.14. The molecule has 0 fully saturated rings. The van der Waals surface area contributed by atoms with Crippen molar-refractivity contribution in [2.45, 2.75) is 13.5 Å². The van der Waals surface area contributed by atoms with Crippen molar-refractivity contribution in [2.75, 3.05) is 11.9 Å². The van der Waals surface area contributed by atoms with Crippen LogP contribution in [0.5, 0.6) is 0 Å². The first-order valence-corrected chi connectivity index (χ1v) is 6.33. The molecule has 8 nitrogen and oxygen atoms in total. The fraction of sp³-hybridized carbons (Fsp3) is 0.300. The third kappa shape index (κ3) is 3.25. The Kier molecular flexibility index (Phi) is 4.05. The molecule has 0 unspecified atom stereocenters. The molecule has 1 N–H and O–H groups in total. The fourth-order valence-corrected chi connectivity index (χ4v) is 1.83. The highest BCUT2D eigenvalue weighted by molar-refractivity contribution is 9.10. The molecule has 2 aromatic rings. The van der Waals surface area contributed by atoms with Gasteiger partial charge in [-0.05, 0) is 28.5 Å². The van der Waals surface area contributed by atoms with Crippen molar-refractivity contribution in [1.29, 1.82) is 0 Å². The summed E-state index contributed by atoms with van der Waals surface area (Å²) < 4.78 is 1.72. The third-order valence-corrected chi connectivity index (χ3v) is 2.88. The summed E-state index contributed by atoms with van der Waals surface area (Å²) in [6.07, 6.45) is 1.69. The summed E-state index contributed by atoms with van der Waals surface area (Å²) in [6, 6.07) is 3.73. The van der Waals surface area contributed by atoms with Gasteiger partial charge < -0.3 is 15.4 Å². The van der Waals surface area contributed by atoms with E-state index < -0.39 is 10.9 Å². The maximum Gasteiger partial charge on any atom is 0.492 e. The van der Waals surface area contributed by atoms with Crippen LogP contribution in [-0.2, 0) is 6.54 Å². The summed E-state index contributed by atoms with van der Waals surface area (Å²) in [5, 5.41) is 17.4. The van der Waals surface area contributed by atoms with Gasteiger partial charge in [-0.15, -0.1) is 0 Å². The van der Waals surface area contributed by atoms with Crippen LogP contribution < -0.4 is 5.32 Å². The lowest BCUT2D eigenvalue weighted by atomic mass is 10.3. The molecule has 0 aromatic carbocycles. The minimum absolute atomic E-state index is 0.315. The SMILES string of the molecule is CCNc1ccc(Cn2nc([N+](=O)[O-])nc2Br)cn1. The Bertz CT molecular complexity index is 582. The van der Waals surface area contributed by atoms with Gasteiger partial charge in [-0.2, -0.15) is 4.68 Å². The Morgan fingerprint density at radius 2 is 2.32 bits per heavy atom. The summed E-state index contributed by atoms with van der Waals surface area (Å²) in [7, 11) is 0. The van der Waals surface area contributed by atoms with E-state index in [2.05, 4.69) is 36.3 Å². The van der Waals surface area contributed by atoms with Crippen molar-refractivity contribution in [3.8, 4) is 0 Å². The average Bonchev–Trinajstić information content (AvgIpc) is 2.74. The lowest BCUT2D eigenvalue weighted by molar-refractivity contribution is -0.394. The summed E-state index contributed by atoms with van der Waals surface area (Å²) in [6.45, 7) is 3.15. The van der Waals surface area contributed by atoms with Gasteiger partial charge in [0.2, 0.25) is 0 Å². The second kappa shape index (κ2) is 5.74. The normalized spacial score (nSPS) is 10.4. The number of anilines is 1. The Morgan fingerprint density at radius 3 is 2.84 bits per heavy atom. The van der Waals surface area contributed by atoms with Gasteiger partial charge in [0.1, 0.15) is 5.82 Å². The molecule has 0 radical (unpaired) electrons. The number of aromatic nitrogens is 4. The van der Waals surface area contributed by atoms with E-state index in [9.17, 15) is 10.1 Å². The Labute approximate surface area is 117 Å². The molecular weight excluding hydrogens is 316 g/mol. The van der Waals surface area contributed by atoms with E-state index in [1.165, 1.54) is 4.68 Å². The Morgan fingerprint density at radius 1 is 1.53 bits per heavy atom. The second-order valence-corrected chi connectivity index (χ2v) is 4.39. The summed E-state index contributed by atoms with van der Waals surface area (Å²) in [5.74, 6) is 0.360. The van der Waals surface area contributed by atoms with Gasteiger partial charge >= 0.3 is 5.95 Å². The summed E-state index contributed by atoms with van der Waals surface area (Å²) in [5.41, 5.74) is 0.877. The maximum absolute atomic E-state index is 10.6. The van der Waals surface area contributed by atoms with Gasteiger partial charge in [0, 0.05) is 33.8 Å². The Hall–Kier alpha value is -2.03. The number of hydrogen-bond acceptors (Lipinski definition) is 6. The highest BCUT2D eigenvalue weighted by Gasteiger charge is 2.19. The van der Waals surface area contributed by atoms with Crippen molar-refractivity contribution in [3.05, 3.63) is 38.7 Å². The molecule has 2 aromatic heterocycles. The van der Waals surface area contributed by atoms with Gasteiger partial charge in [-0.3, -0.25) is 0 Å². The number of hydrogen-bond donors (Lipinski definition) is 1. The molecule has 0 aliphatic carbocycles.